The fourth-order valence-electron chi connectivity index (χ4n) is 2.06. The predicted molar refractivity (Wildman–Crippen MR) is 83.6 cm³/mol. The molecule has 1 N–H and O–H groups in total. The Hall–Kier alpha value is -0.870. The Morgan fingerprint density at radius 2 is 1.89 bits per heavy atom. The van der Waals surface area contributed by atoms with Gasteiger partial charge in [-0.15, -0.1) is 0 Å². The minimum atomic E-state index is 0.303. The second-order valence-corrected chi connectivity index (χ2v) is 5.47. The number of benzene rings is 1. The summed E-state index contributed by atoms with van der Waals surface area (Å²) >= 11 is 1.88. The molecule has 19 heavy (non-hydrogen) atoms. The molecule has 1 aromatic rings. The van der Waals surface area contributed by atoms with Crippen molar-refractivity contribution in [2.75, 3.05) is 26.2 Å². The van der Waals surface area contributed by atoms with E-state index in [0.29, 0.717) is 12.1 Å². The maximum Gasteiger partial charge on any atom is 0.161 e. The number of nitrogens with one attached hydrogen (secondary N) is 1. The zero-order valence-electron chi connectivity index (χ0n) is 12.5. The van der Waals surface area contributed by atoms with E-state index in [-0.39, 0.29) is 0 Å². The van der Waals surface area contributed by atoms with Crippen LogP contribution < -0.4 is 14.8 Å². The molecule has 0 amide bonds. The van der Waals surface area contributed by atoms with E-state index in [0.717, 1.165) is 23.7 Å². The number of methoxy groups -OCH3 is 2. The number of hydrogen-bond acceptors (Lipinski definition) is 4. The lowest BCUT2D eigenvalue weighted by molar-refractivity contribution is 0.353. The highest BCUT2D eigenvalue weighted by atomic mass is 32.2. The average Bonchev–Trinajstić information content (AvgIpc) is 2.45. The molecule has 0 bridgehead atoms. The molecule has 0 saturated carbocycles. The van der Waals surface area contributed by atoms with Crippen LogP contribution in [-0.2, 0) is 0 Å². The van der Waals surface area contributed by atoms with Gasteiger partial charge in [0, 0.05) is 17.8 Å². The SMILES string of the molecule is CCC(CSC)NC(C)c1ccc(OC)c(OC)c1. The smallest absolute Gasteiger partial charge is 0.161 e. The van der Waals surface area contributed by atoms with Crippen molar-refractivity contribution in [1.29, 1.82) is 0 Å². The Kier molecular flexibility index (Phi) is 7.10. The molecule has 4 heteroatoms. The van der Waals surface area contributed by atoms with Crippen LogP contribution in [0.5, 0.6) is 11.5 Å². The maximum atomic E-state index is 5.35. The van der Waals surface area contributed by atoms with Gasteiger partial charge in [0.2, 0.25) is 0 Å². The van der Waals surface area contributed by atoms with Crippen LogP contribution in [0, 0.1) is 0 Å². The Bertz CT molecular complexity index is 384. The van der Waals surface area contributed by atoms with Crippen LogP contribution >= 0.6 is 11.8 Å². The van der Waals surface area contributed by atoms with Gasteiger partial charge in [0.15, 0.2) is 11.5 Å². The van der Waals surface area contributed by atoms with Crippen molar-refractivity contribution in [1.82, 2.24) is 5.32 Å². The third-order valence-corrected chi connectivity index (χ3v) is 3.99. The van der Waals surface area contributed by atoms with E-state index in [2.05, 4.69) is 31.5 Å². The summed E-state index contributed by atoms with van der Waals surface area (Å²) in [5, 5.41) is 3.66. The quantitative estimate of drug-likeness (QED) is 0.791. The maximum absolute atomic E-state index is 5.35. The fraction of sp³-hybridized carbons (Fsp3) is 0.600. The molecule has 0 fully saturated rings. The van der Waals surface area contributed by atoms with E-state index in [1.807, 2.05) is 23.9 Å². The molecule has 0 aliphatic heterocycles. The molecular weight excluding hydrogens is 258 g/mol. The molecule has 0 spiro atoms. The molecule has 0 aromatic heterocycles. The Labute approximate surface area is 121 Å². The highest BCUT2D eigenvalue weighted by Gasteiger charge is 2.13. The van der Waals surface area contributed by atoms with Crippen molar-refractivity contribution in [3.05, 3.63) is 23.8 Å². The van der Waals surface area contributed by atoms with Crippen molar-refractivity contribution in [3.8, 4) is 11.5 Å². The van der Waals surface area contributed by atoms with Gasteiger partial charge in [0.1, 0.15) is 0 Å². The van der Waals surface area contributed by atoms with E-state index in [4.69, 9.17) is 9.47 Å². The van der Waals surface area contributed by atoms with Crippen LogP contribution in [0.4, 0.5) is 0 Å². The van der Waals surface area contributed by atoms with Gasteiger partial charge in [0.05, 0.1) is 14.2 Å². The standard InChI is InChI=1S/C15H25NO2S/c1-6-13(10-19-5)16-11(2)12-7-8-14(17-3)15(9-12)18-4/h7-9,11,13,16H,6,10H2,1-5H3. The third kappa shape index (κ3) is 4.62. The zero-order chi connectivity index (χ0) is 14.3. The van der Waals surface area contributed by atoms with Crippen LogP contribution in [-0.4, -0.2) is 32.3 Å². The van der Waals surface area contributed by atoms with Gasteiger partial charge in [-0.05, 0) is 37.3 Å². The molecule has 0 radical (unpaired) electrons. The first-order valence-electron chi connectivity index (χ1n) is 6.63. The van der Waals surface area contributed by atoms with E-state index >= 15 is 0 Å². The largest absolute Gasteiger partial charge is 0.493 e. The summed E-state index contributed by atoms with van der Waals surface area (Å²) in [5.74, 6) is 2.69. The molecule has 0 heterocycles. The molecule has 3 nitrogen and oxygen atoms in total. The van der Waals surface area contributed by atoms with Gasteiger partial charge in [-0.2, -0.15) is 11.8 Å². The Balaban J connectivity index is 2.78. The normalized spacial score (nSPS) is 13.9. The minimum absolute atomic E-state index is 0.303. The lowest BCUT2D eigenvalue weighted by Crippen LogP contribution is -2.32. The van der Waals surface area contributed by atoms with Gasteiger partial charge in [-0.3, -0.25) is 0 Å². The summed E-state index contributed by atoms with van der Waals surface area (Å²) in [6, 6.07) is 6.93. The first-order chi connectivity index (χ1) is 9.15. The van der Waals surface area contributed by atoms with E-state index < -0.39 is 0 Å². The summed E-state index contributed by atoms with van der Waals surface area (Å²) in [6.45, 7) is 4.40. The second-order valence-electron chi connectivity index (χ2n) is 4.56. The van der Waals surface area contributed by atoms with Crippen molar-refractivity contribution in [2.45, 2.75) is 32.4 Å². The molecular formula is C15H25NO2S. The number of hydrogen-bond donors (Lipinski definition) is 1. The van der Waals surface area contributed by atoms with Crippen LogP contribution in [0.25, 0.3) is 0 Å². The predicted octanol–water partition coefficient (Wildman–Crippen LogP) is 3.50. The van der Waals surface area contributed by atoms with Crippen LogP contribution in [0.3, 0.4) is 0 Å². The van der Waals surface area contributed by atoms with Gasteiger partial charge in [-0.25, -0.2) is 0 Å². The highest BCUT2D eigenvalue weighted by molar-refractivity contribution is 7.98. The second kappa shape index (κ2) is 8.33. The molecule has 108 valence electrons. The van der Waals surface area contributed by atoms with Crippen LogP contribution in [0.2, 0.25) is 0 Å². The number of ether oxygens (including phenoxy) is 2. The average molecular weight is 283 g/mol. The Morgan fingerprint density at radius 1 is 1.21 bits per heavy atom. The molecule has 0 aliphatic carbocycles. The van der Waals surface area contributed by atoms with Crippen molar-refractivity contribution in [3.63, 3.8) is 0 Å². The van der Waals surface area contributed by atoms with Gasteiger partial charge >= 0.3 is 0 Å². The minimum Gasteiger partial charge on any atom is -0.493 e. The molecule has 0 aliphatic rings. The third-order valence-electron chi connectivity index (χ3n) is 3.25. The van der Waals surface area contributed by atoms with Crippen molar-refractivity contribution < 1.29 is 9.47 Å². The zero-order valence-corrected chi connectivity index (χ0v) is 13.3. The Morgan fingerprint density at radius 3 is 2.42 bits per heavy atom. The molecule has 1 aromatic carbocycles. The summed E-state index contributed by atoms with van der Waals surface area (Å²) in [6.07, 6.45) is 3.28. The van der Waals surface area contributed by atoms with E-state index in [1.165, 1.54) is 5.56 Å². The van der Waals surface area contributed by atoms with Crippen molar-refractivity contribution in [2.24, 2.45) is 0 Å². The molecule has 2 unspecified atom stereocenters. The number of thioether (sulfide) groups is 1. The molecule has 0 saturated heterocycles. The first-order valence-corrected chi connectivity index (χ1v) is 8.02. The number of rotatable bonds is 8. The topological polar surface area (TPSA) is 30.5 Å². The first kappa shape index (κ1) is 16.2. The monoisotopic (exact) mass is 283 g/mol. The van der Waals surface area contributed by atoms with Gasteiger partial charge in [-0.1, -0.05) is 13.0 Å². The van der Waals surface area contributed by atoms with Crippen molar-refractivity contribution >= 4 is 11.8 Å². The fourth-order valence-corrected chi connectivity index (χ4v) is 2.79. The molecule has 2 atom stereocenters. The van der Waals surface area contributed by atoms with Gasteiger partial charge < -0.3 is 14.8 Å². The van der Waals surface area contributed by atoms with Gasteiger partial charge in [0.25, 0.3) is 0 Å². The van der Waals surface area contributed by atoms with Crippen LogP contribution in [0.1, 0.15) is 31.9 Å². The van der Waals surface area contributed by atoms with Crippen LogP contribution in [0.15, 0.2) is 18.2 Å². The lowest BCUT2D eigenvalue weighted by Gasteiger charge is -2.22. The van der Waals surface area contributed by atoms with E-state index in [9.17, 15) is 0 Å². The highest BCUT2D eigenvalue weighted by Crippen LogP contribution is 2.30. The summed E-state index contributed by atoms with van der Waals surface area (Å²) < 4.78 is 10.6. The lowest BCUT2D eigenvalue weighted by atomic mass is 10.1. The summed E-state index contributed by atoms with van der Waals surface area (Å²) in [5.41, 5.74) is 1.22. The summed E-state index contributed by atoms with van der Waals surface area (Å²) in [4.78, 5) is 0. The molecule has 1 rings (SSSR count). The summed E-state index contributed by atoms with van der Waals surface area (Å²) in [7, 11) is 3.33. The van der Waals surface area contributed by atoms with E-state index in [1.54, 1.807) is 14.2 Å².